The van der Waals surface area contributed by atoms with Crippen LogP contribution in [0.2, 0.25) is 0 Å². The molecule has 0 spiro atoms. The first kappa shape index (κ1) is 19.7. The third-order valence-electron chi connectivity index (χ3n) is 4.51. The molecule has 27 heavy (non-hydrogen) atoms. The molecular weight excluding hydrogens is 358 g/mol. The lowest BCUT2D eigenvalue weighted by Gasteiger charge is -2.28. The van der Waals surface area contributed by atoms with Gasteiger partial charge in [-0.05, 0) is 49.4 Å². The number of rotatable bonds is 7. The van der Waals surface area contributed by atoms with Crippen molar-refractivity contribution in [2.45, 2.75) is 68.2 Å². The van der Waals surface area contributed by atoms with Crippen molar-refractivity contribution in [2.75, 3.05) is 0 Å². The Morgan fingerprint density at radius 2 is 1.81 bits per heavy atom. The zero-order valence-corrected chi connectivity index (χ0v) is 16.7. The minimum absolute atomic E-state index is 0.0926. The molecule has 1 heterocycles. The Morgan fingerprint density at radius 3 is 2.44 bits per heavy atom. The summed E-state index contributed by atoms with van der Waals surface area (Å²) < 4.78 is 5.81. The van der Waals surface area contributed by atoms with Crippen molar-refractivity contribution in [2.24, 2.45) is 0 Å². The molecule has 1 amide bonds. The molecule has 1 aromatic heterocycles. The highest BCUT2D eigenvalue weighted by atomic mass is 32.2. The third-order valence-corrected chi connectivity index (χ3v) is 5.53. The molecule has 0 atom stereocenters. The van der Waals surface area contributed by atoms with Gasteiger partial charge >= 0.3 is 6.01 Å². The van der Waals surface area contributed by atoms with Gasteiger partial charge in [-0.15, -0.1) is 11.8 Å². The number of aromatic nitrogens is 2. The molecule has 0 aliphatic heterocycles. The second kappa shape index (κ2) is 9.74. The molecule has 5 nitrogen and oxygen atoms in total. The molecular formula is C21H27N3O2S. The van der Waals surface area contributed by atoms with E-state index in [1.165, 1.54) is 4.90 Å². The topological polar surface area (TPSA) is 64.1 Å². The monoisotopic (exact) mass is 385 g/mol. The van der Waals surface area contributed by atoms with Crippen LogP contribution in [-0.2, 0) is 11.2 Å². The summed E-state index contributed by atoms with van der Waals surface area (Å²) >= 11 is 1.83. The van der Waals surface area contributed by atoms with Crippen molar-refractivity contribution in [1.29, 1.82) is 0 Å². The average molecular weight is 386 g/mol. The zero-order valence-electron chi connectivity index (χ0n) is 15.9. The lowest BCUT2D eigenvalue weighted by atomic mass is 9.93. The SMILES string of the molecule is CC(C)Sc1ccc(CC(=O)NC2CCC(Oc3ncccn3)CC2)cc1. The van der Waals surface area contributed by atoms with Crippen LogP contribution in [0, 0.1) is 0 Å². The molecule has 1 aromatic carbocycles. The Balaban J connectivity index is 1.40. The van der Waals surface area contributed by atoms with Gasteiger partial charge in [-0.3, -0.25) is 4.79 Å². The summed E-state index contributed by atoms with van der Waals surface area (Å²) in [7, 11) is 0. The molecule has 1 aliphatic rings. The van der Waals surface area contributed by atoms with E-state index < -0.39 is 0 Å². The van der Waals surface area contributed by atoms with E-state index in [0.717, 1.165) is 31.2 Å². The van der Waals surface area contributed by atoms with E-state index in [9.17, 15) is 4.79 Å². The summed E-state index contributed by atoms with van der Waals surface area (Å²) in [5.41, 5.74) is 1.05. The van der Waals surface area contributed by atoms with Gasteiger partial charge in [0.15, 0.2) is 0 Å². The van der Waals surface area contributed by atoms with Gasteiger partial charge in [-0.2, -0.15) is 0 Å². The van der Waals surface area contributed by atoms with E-state index in [0.29, 0.717) is 17.7 Å². The van der Waals surface area contributed by atoms with Gasteiger partial charge in [0.1, 0.15) is 6.10 Å². The van der Waals surface area contributed by atoms with Crippen molar-refractivity contribution in [3.8, 4) is 6.01 Å². The van der Waals surface area contributed by atoms with Gasteiger partial charge in [-0.1, -0.05) is 26.0 Å². The minimum atomic E-state index is 0.0926. The molecule has 1 aliphatic carbocycles. The number of amides is 1. The zero-order chi connectivity index (χ0) is 19.1. The predicted octanol–water partition coefficient (Wildman–Crippen LogP) is 4.03. The van der Waals surface area contributed by atoms with Gasteiger partial charge < -0.3 is 10.1 Å². The van der Waals surface area contributed by atoms with Crippen LogP contribution in [-0.4, -0.2) is 33.3 Å². The molecule has 1 N–H and O–H groups in total. The molecule has 0 unspecified atom stereocenters. The number of ether oxygens (including phenoxy) is 1. The highest BCUT2D eigenvalue weighted by Gasteiger charge is 2.24. The normalized spacial score (nSPS) is 19.7. The molecule has 144 valence electrons. The Morgan fingerprint density at radius 1 is 1.15 bits per heavy atom. The maximum Gasteiger partial charge on any atom is 0.316 e. The second-order valence-corrected chi connectivity index (χ2v) is 8.83. The number of hydrogen-bond donors (Lipinski definition) is 1. The largest absolute Gasteiger partial charge is 0.460 e. The minimum Gasteiger partial charge on any atom is -0.460 e. The number of carbonyl (C=O) groups excluding carboxylic acids is 1. The van der Waals surface area contributed by atoms with E-state index >= 15 is 0 Å². The van der Waals surface area contributed by atoms with Gasteiger partial charge in [0.25, 0.3) is 0 Å². The molecule has 1 saturated carbocycles. The smallest absolute Gasteiger partial charge is 0.316 e. The highest BCUT2D eigenvalue weighted by molar-refractivity contribution is 7.99. The van der Waals surface area contributed by atoms with Crippen LogP contribution in [0.15, 0.2) is 47.6 Å². The third kappa shape index (κ3) is 6.54. The number of thioether (sulfide) groups is 1. The first-order valence-electron chi connectivity index (χ1n) is 9.57. The summed E-state index contributed by atoms with van der Waals surface area (Å²) in [6, 6.07) is 10.7. The van der Waals surface area contributed by atoms with Crippen LogP contribution in [0.25, 0.3) is 0 Å². The lowest BCUT2D eigenvalue weighted by Crippen LogP contribution is -2.40. The summed E-state index contributed by atoms with van der Waals surface area (Å²) in [6.45, 7) is 4.36. The summed E-state index contributed by atoms with van der Waals surface area (Å²) in [6.07, 6.45) is 7.59. The van der Waals surface area contributed by atoms with E-state index in [-0.39, 0.29) is 18.1 Å². The van der Waals surface area contributed by atoms with Crippen LogP contribution in [0.3, 0.4) is 0 Å². The Kier molecular flexibility index (Phi) is 7.10. The van der Waals surface area contributed by atoms with Crippen molar-refractivity contribution < 1.29 is 9.53 Å². The quantitative estimate of drug-likeness (QED) is 0.729. The summed E-state index contributed by atoms with van der Waals surface area (Å²) in [5.74, 6) is 0.0926. The second-order valence-electron chi connectivity index (χ2n) is 7.18. The number of nitrogens with one attached hydrogen (secondary N) is 1. The first-order chi connectivity index (χ1) is 13.1. The summed E-state index contributed by atoms with van der Waals surface area (Å²) in [4.78, 5) is 21.8. The van der Waals surface area contributed by atoms with Gasteiger partial charge in [-0.25, -0.2) is 9.97 Å². The first-order valence-corrected chi connectivity index (χ1v) is 10.4. The number of hydrogen-bond acceptors (Lipinski definition) is 5. The molecule has 2 aromatic rings. The Labute approximate surface area is 165 Å². The maximum absolute atomic E-state index is 12.3. The number of carbonyl (C=O) groups is 1. The number of nitrogens with zero attached hydrogens (tertiary/aromatic N) is 2. The van der Waals surface area contributed by atoms with Crippen molar-refractivity contribution in [3.63, 3.8) is 0 Å². The predicted molar refractivity (Wildman–Crippen MR) is 108 cm³/mol. The molecule has 1 fully saturated rings. The molecule has 3 rings (SSSR count). The van der Waals surface area contributed by atoms with Crippen LogP contribution < -0.4 is 10.1 Å². The van der Waals surface area contributed by atoms with Gasteiger partial charge in [0, 0.05) is 28.6 Å². The number of benzene rings is 1. The summed E-state index contributed by atoms with van der Waals surface area (Å²) in [5, 5.41) is 3.73. The standard InChI is InChI=1S/C21H27N3O2S/c1-15(2)27-19-10-4-16(5-11-19)14-20(25)24-17-6-8-18(9-7-17)26-21-22-12-3-13-23-21/h3-5,10-13,15,17-18H,6-9,14H2,1-2H3,(H,24,25). The van der Waals surface area contributed by atoms with Gasteiger partial charge in [0.2, 0.25) is 5.91 Å². The van der Waals surface area contributed by atoms with Crippen LogP contribution in [0.1, 0.15) is 45.1 Å². The van der Waals surface area contributed by atoms with Crippen molar-refractivity contribution in [1.82, 2.24) is 15.3 Å². The molecule has 0 radical (unpaired) electrons. The van der Waals surface area contributed by atoms with Crippen molar-refractivity contribution in [3.05, 3.63) is 48.3 Å². The Hall–Kier alpha value is -2.08. The van der Waals surface area contributed by atoms with Crippen LogP contribution in [0.4, 0.5) is 0 Å². The van der Waals surface area contributed by atoms with E-state index in [4.69, 9.17) is 4.74 Å². The van der Waals surface area contributed by atoms with E-state index in [1.807, 2.05) is 11.8 Å². The lowest BCUT2D eigenvalue weighted by molar-refractivity contribution is -0.121. The van der Waals surface area contributed by atoms with E-state index in [1.54, 1.807) is 18.5 Å². The van der Waals surface area contributed by atoms with Crippen molar-refractivity contribution >= 4 is 17.7 Å². The molecule has 0 bridgehead atoms. The van der Waals surface area contributed by atoms with Crippen LogP contribution in [0.5, 0.6) is 6.01 Å². The maximum atomic E-state index is 12.3. The average Bonchev–Trinajstić information content (AvgIpc) is 2.65. The van der Waals surface area contributed by atoms with Crippen LogP contribution >= 0.6 is 11.8 Å². The fraction of sp³-hybridized carbons (Fsp3) is 0.476. The molecule has 0 saturated heterocycles. The highest BCUT2D eigenvalue weighted by Crippen LogP contribution is 2.24. The fourth-order valence-electron chi connectivity index (χ4n) is 3.24. The van der Waals surface area contributed by atoms with E-state index in [2.05, 4.69) is 53.4 Å². The van der Waals surface area contributed by atoms with Gasteiger partial charge in [0.05, 0.1) is 6.42 Å². The molecule has 6 heteroatoms. The Bertz CT molecular complexity index is 714. The fourth-order valence-corrected chi connectivity index (χ4v) is 4.08.